The molecule has 0 aromatic carbocycles. The molecule has 2 bridgehead atoms. The Kier molecular flexibility index (Phi) is 2.38. The average molecular weight is 174 g/mol. The van der Waals surface area contributed by atoms with Gasteiger partial charge in [-0.15, -0.1) is 11.6 Å². The number of halogens is 1. The summed E-state index contributed by atoms with van der Waals surface area (Å²) in [5.74, 6) is 2.79. The minimum Gasteiger partial charge on any atom is -0.303 e. The zero-order valence-corrected chi connectivity index (χ0v) is 7.69. The molecule has 0 amide bonds. The van der Waals surface area contributed by atoms with Crippen LogP contribution < -0.4 is 0 Å². The number of hydrogen-bond acceptors (Lipinski definition) is 1. The van der Waals surface area contributed by atoms with Crippen LogP contribution in [0, 0.1) is 11.8 Å². The van der Waals surface area contributed by atoms with E-state index in [1.165, 1.54) is 38.9 Å². The van der Waals surface area contributed by atoms with Crippen LogP contribution in [-0.4, -0.2) is 30.4 Å². The van der Waals surface area contributed by atoms with E-state index >= 15 is 0 Å². The molecule has 64 valence electrons. The summed E-state index contributed by atoms with van der Waals surface area (Å²) in [6.07, 6.45) is 4.10. The molecule has 0 radical (unpaired) electrons. The predicted octanol–water partition coefficient (Wildman–Crippen LogP) is 1.96. The van der Waals surface area contributed by atoms with Crippen LogP contribution >= 0.6 is 11.6 Å². The second-order valence-electron chi connectivity index (χ2n) is 3.88. The van der Waals surface area contributed by atoms with Crippen molar-refractivity contribution in [1.82, 2.24) is 4.90 Å². The topological polar surface area (TPSA) is 3.24 Å². The highest BCUT2D eigenvalue weighted by Gasteiger charge is 2.33. The van der Waals surface area contributed by atoms with Crippen molar-refractivity contribution in [2.45, 2.75) is 19.3 Å². The fourth-order valence-electron chi connectivity index (χ4n) is 2.55. The first kappa shape index (κ1) is 7.88. The lowest BCUT2D eigenvalue weighted by atomic mass is 9.78. The van der Waals surface area contributed by atoms with Gasteiger partial charge in [0, 0.05) is 12.4 Å². The molecule has 1 atom stereocenters. The van der Waals surface area contributed by atoms with Crippen LogP contribution in [0.4, 0.5) is 0 Å². The fraction of sp³-hybridized carbons (Fsp3) is 1.00. The van der Waals surface area contributed by atoms with Crippen LogP contribution in [0.5, 0.6) is 0 Å². The smallest absolute Gasteiger partial charge is 0.0226 e. The molecule has 2 heteroatoms. The van der Waals surface area contributed by atoms with Gasteiger partial charge in [0.1, 0.15) is 0 Å². The molecule has 3 fully saturated rings. The van der Waals surface area contributed by atoms with E-state index in [9.17, 15) is 0 Å². The van der Waals surface area contributed by atoms with Crippen LogP contribution in [0.25, 0.3) is 0 Å². The van der Waals surface area contributed by atoms with Crippen molar-refractivity contribution in [3.05, 3.63) is 0 Å². The van der Waals surface area contributed by atoms with Crippen LogP contribution in [0.15, 0.2) is 0 Å². The van der Waals surface area contributed by atoms with Crippen LogP contribution in [0.3, 0.4) is 0 Å². The third-order valence-electron chi connectivity index (χ3n) is 3.27. The summed E-state index contributed by atoms with van der Waals surface area (Å²) < 4.78 is 0. The maximum atomic E-state index is 5.75. The standard InChI is InChI=1S/C9H16ClN/c10-4-1-9-7-11-5-2-8(9)3-6-11/h8-9H,1-7H2/t9-/m0/s1. The van der Waals surface area contributed by atoms with Gasteiger partial charge in [-0.05, 0) is 44.2 Å². The maximum Gasteiger partial charge on any atom is 0.0226 e. The molecular formula is C9H16ClN. The summed E-state index contributed by atoms with van der Waals surface area (Å²) in [7, 11) is 0. The third-order valence-corrected chi connectivity index (χ3v) is 3.49. The Labute approximate surface area is 73.7 Å². The number of nitrogens with zero attached hydrogens (tertiary/aromatic N) is 1. The number of rotatable bonds is 2. The van der Waals surface area contributed by atoms with Crippen molar-refractivity contribution >= 4 is 11.6 Å². The Morgan fingerprint density at radius 1 is 1.27 bits per heavy atom. The number of piperidine rings is 3. The Hall–Kier alpha value is 0.250. The van der Waals surface area contributed by atoms with E-state index in [2.05, 4.69) is 4.90 Å². The highest BCUT2D eigenvalue weighted by molar-refractivity contribution is 6.17. The van der Waals surface area contributed by atoms with Gasteiger partial charge in [0.2, 0.25) is 0 Å². The first-order valence-electron chi connectivity index (χ1n) is 4.68. The molecule has 0 aromatic rings. The molecule has 3 aliphatic rings. The molecule has 1 nitrogen and oxygen atoms in total. The summed E-state index contributed by atoms with van der Waals surface area (Å²) in [6.45, 7) is 4.03. The van der Waals surface area contributed by atoms with Crippen molar-refractivity contribution in [1.29, 1.82) is 0 Å². The SMILES string of the molecule is ClCC[C@H]1CN2CCC1CC2. The lowest BCUT2D eigenvalue weighted by molar-refractivity contribution is 0.0497. The van der Waals surface area contributed by atoms with Gasteiger partial charge in [-0.2, -0.15) is 0 Å². The van der Waals surface area contributed by atoms with E-state index < -0.39 is 0 Å². The Morgan fingerprint density at radius 3 is 2.45 bits per heavy atom. The highest BCUT2D eigenvalue weighted by Crippen LogP contribution is 2.34. The Balaban J connectivity index is 1.92. The average Bonchev–Trinajstić information content (AvgIpc) is 2.07. The second kappa shape index (κ2) is 3.32. The lowest BCUT2D eigenvalue weighted by Crippen LogP contribution is -2.47. The molecule has 3 heterocycles. The van der Waals surface area contributed by atoms with Crippen molar-refractivity contribution in [2.75, 3.05) is 25.5 Å². The largest absolute Gasteiger partial charge is 0.303 e. The number of alkyl halides is 1. The first-order valence-corrected chi connectivity index (χ1v) is 5.22. The molecule has 0 unspecified atom stereocenters. The molecule has 11 heavy (non-hydrogen) atoms. The predicted molar refractivity (Wildman–Crippen MR) is 48.0 cm³/mol. The fourth-order valence-corrected chi connectivity index (χ4v) is 2.84. The van der Waals surface area contributed by atoms with Gasteiger partial charge in [0.15, 0.2) is 0 Å². The Bertz CT molecular complexity index is 130. The molecule has 0 aliphatic carbocycles. The van der Waals surface area contributed by atoms with E-state index in [0.29, 0.717) is 0 Å². The van der Waals surface area contributed by atoms with Gasteiger partial charge < -0.3 is 4.90 Å². The summed E-state index contributed by atoms with van der Waals surface area (Å²) in [4.78, 5) is 2.59. The number of hydrogen-bond donors (Lipinski definition) is 0. The highest BCUT2D eigenvalue weighted by atomic mass is 35.5. The molecule has 0 N–H and O–H groups in total. The van der Waals surface area contributed by atoms with Gasteiger partial charge in [-0.3, -0.25) is 0 Å². The molecule has 3 saturated heterocycles. The van der Waals surface area contributed by atoms with Crippen LogP contribution in [0.1, 0.15) is 19.3 Å². The van der Waals surface area contributed by atoms with E-state index in [4.69, 9.17) is 11.6 Å². The maximum absolute atomic E-state index is 5.75. The zero-order chi connectivity index (χ0) is 7.68. The lowest BCUT2D eigenvalue weighted by Gasteiger charge is -2.44. The van der Waals surface area contributed by atoms with Gasteiger partial charge >= 0.3 is 0 Å². The van der Waals surface area contributed by atoms with Crippen molar-refractivity contribution in [2.24, 2.45) is 11.8 Å². The molecule has 0 aromatic heterocycles. The van der Waals surface area contributed by atoms with Crippen molar-refractivity contribution in [3.63, 3.8) is 0 Å². The van der Waals surface area contributed by atoms with Crippen LogP contribution in [0.2, 0.25) is 0 Å². The molecular weight excluding hydrogens is 158 g/mol. The van der Waals surface area contributed by atoms with Gasteiger partial charge in [0.05, 0.1) is 0 Å². The van der Waals surface area contributed by atoms with Gasteiger partial charge in [0.25, 0.3) is 0 Å². The van der Waals surface area contributed by atoms with Gasteiger partial charge in [-0.25, -0.2) is 0 Å². The summed E-state index contributed by atoms with van der Waals surface area (Å²) in [6, 6.07) is 0. The summed E-state index contributed by atoms with van der Waals surface area (Å²) >= 11 is 5.75. The normalized spacial score (nSPS) is 42.8. The summed E-state index contributed by atoms with van der Waals surface area (Å²) in [5.41, 5.74) is 0. The molecule has 3 rings (SSSR count). The second-order valence-corrected chi connectivity index (χ2v) is 4.25. The quantitative estimate of drug-likeness (QED) is 0.578. The Morgan fingerprint density at radius 2 is 2.00 bits per heavy atom. The summed E-state index contributed by atoms with van der Waals surface area (Å²) in [5, 5.41) is 0. The number of fused-ring (bicyclic) bond motifs is 3. The minimum atomic E-state index is 0.856. The van der Waals surface area contributed by atoms with Crippen molar-refractivity contribution < 1.29 is 0 Å². The van der Waals surface area contributed by atoms with Crippen molar-refractivity contribution in [3.8, 4) is 0 Å². The monoisotopic (exact) mass is 173 g/mol. The minimum absolute atomic E-state index is 0.856. The molecule has 0 saturated carbocycles. The van der Waals surface area contributed by atoms with Gasteiger partial charge in [-0.1, -0.05) is 0 Å². The van der Waals surface area contributed by atoms with E-state index in [1.807, 2.05) is 0 Å². The molecule has 3 aliphatic heterocycles. The zero-order valence-electron chi connectivity index (χ0n) is 6.93. The third kappa shape index (κ3) is 1.54. The van der Waals surface area contributed by atoms with Crippen LogP contribution in [-0.2, 0) is 0 Å². The van der Waals surface area contributed by atoms with E-state index in [1.54, 1.807) is 0 Å². The van der Waals surface area contributed by atoms with E-state index in [-0.39, 0.29) is 0 Å². The van der Waals surface area contributed by atoms with E-state index in [0.717, 1.165) is 17.7 Å². The first-order chi connectivity index (χ1) is 5.40. The molecule has 0 spiro atoms.